The average Bonchev–Trinajstić information content (AvgIpc) is 2.39. The fourth-order valence-electron chi connectivity index (χ4n) is 2.23. The SMILES string of the molecule is O=C(O)CC1CSCCN1c1ccc(F)cc1[N+](=O)[O-]. The van der Waals surface area contributed by atoms with Crippen molar-refractivity contribution < 1.29 is 19.2 Å². The average molecular weight is 300 g/mol. The molecule has 108 valence electrons. The van der Waals surface area contributed by atoms with Gasteiger partial charge in [0.25, 0.3) is 5.69 Å². The zero-order valence-corrected chi connectivity index (χ0v) is 11.3. The first-order valence-electron chi connectivity index (χ1n) is 5.99. The highest BCUT2D eigenvalue weighted by Gasteiger charge is 2.30. The number of aliphatic carboxylic acids is 1. The summed E-state index contributed by atoms with van der Waals surface area (Å²) in [5.41, 5.74) is -0.0461. The molecule has 1 fully saturated rings. The molecule has 1 heterocycles. The molecule has 1 N–H and O–H groups in total. The fourth-order valence-corrected chi connectivity index (χ4v) is 3.29. The Hall–Kier alpha value is -1.83. The third-order valence-electron chi connectivity index (χ3n) is 3.08. The van der Waals surface area contributed by atoms with E-state index in [0.29, 0.717) is 12.3 Å². The second-order valence-electron chi connectivity index (χ2n) is 4.41. The lowest BCUT2D eigenvalue weighted by atomic mass is 10.1. The van der Waals surface area contributed by atoms with Gasteiger partial charge in [-0.2, -0.15) is 11.8 Å². The van der Waals surface area contributed by atoms with Crippen molar-refractivity contribution in [3.63, 3.8) is 0 Å². The van der Waals surface area contributed by atoms with Crippen molar-refractivity contribution in [3.8, 4) is 0 Å². The highest BCUT2D eigenvalue weighted by atomic mass is 32.2. The van der Waals surface area contributed by atoms with Crippen molar-refractivity contribution in [2.75, 3.05) is 23.0 Å². The van der Waals surface area contributed by atoms with Crippen molar-refractivity contribution in [2.45, 2.75) is 12.5 Å². The topological polar surface area (TPSA) is 83.7 Å². The van der Waals surface area contributed by atoms with E-state index in [0.717, 1.165) is 17.9 Å². The third kappa shape index (κ3) is 3.19. The lowest BCUT2D eigenvalue weighted by Gasteiger charge is -2.36. The van der Waals surface area contributed by atoms with Gasteiger partial charge in [0, 0.05) is 24.1 Å². The van der Waals surface area contributed by atoms with E-state index in [2.05, 4.69) is 0 Å². The number of nitro benzene ring substituents is 1. The second-order valence-corrected chi connectivity index (χ2v) is 5.56. The molecule has 0 radical (unpaired) electrons. The second kappa shape index (κ2) is 6.08. The quantitative estimate of drug-likeness (QED) is 0.677. The van der Waals surface area contributed by atoms with Crippen LogP contribution in [0.1, 0.15) is 6.42 Å². The van der Waals surface area contributed by atoms with E-state index in [9.17, 15) is 19.3 Å². The van der Waals surface area contributed by atoms with Crippen LogP contribution in [-0.2, 0) is 4.79 Å². The first kappa shape index (κ1) is 14.6. The molecular formula is C12H13FN2O4S. The lowest BCUT2D eigenvalue weighted by Crippen LogP contribution is -2.44. The van der Waals surface area contributed by atoms with E-state index in [-0.39, 0.29) is 23.8 Å². The van der Waals surface area contributed by atoms with Crippen LogP contribution in [0.5, 0.6) is 0 Å². The molecule has 0 aromatic heterocycles. The van der Waals surface area contributed by atoms with Crippen molar-refractivity contribution in [3.05, 3.63) is 34.1 Å². The summed E-state index contributed by atoms with van der Waals surface area (Å²) in [5, 5.41) is 20.0. The van der Waals surface area contributed by atoms with E-state index in [1.54, 1.807) is 16.7 Å². The largest absolute Gasteiger partial charge is 0.481 e. The molecule has 0 aliphatic carbocycles. The Kier molecular flexibility index (Phi) is 4.43. The monoisotopic (exact) mass is 300 g/mol. The predicted molar refractivity (Wildman–Crippen MR) is 73.8 cm³/mol. The number of anilines is 1. The Bertz CT molecular complexity index is 540. The van der Waals surface area contributed by atoms with Crippen LogP contribution < -0.4 is 4.90 Å². The van der Waals surface area contributed by atoms with Crippen LogP contribution >= 0.6 is 11.8 Å². The molecule has 6 nitrogen and oxygen atoms in total. The Labute approximate surface area is 118 Å². The molecule has 1 saturated heterocycles. The number of hydrogen-bond donors (Lipinski definition) is 1. The number of hydrogen-bond acceptors (Lipinski definition) is 5. The van der Waals surface area contributed by atoms with Gasteiger partial charge < -0.3 is 10.0 Å². The molecule has 1 atom stereocenters. The number of nitrogens with zero attached hydrogens (tertiary/aromatic N) is 2. The molecule has 1 aliphatic rings. The van der Waals surface area contributed by atoms with E-state index < -0.39 is 16.7 Å². The summed E-state index contributed by atoms with van der Waals surface area (Å²) in [6.45, 7) is 0.509. The molecule has 1 aliphatic heterocycles. The van der Waals surface area contributed by atoms with Gasteiger partial charge in [-0.1, -0.05) is 0 Å². The van der Waals surface area contributed by atoms with E-state index in [4.69, 9.17) is 5.11 Å². The number of carboxylic acid groups (broad SMARTS) is 1. The van der Waals surface area contributed by atoms with E-state index in [1.165, 1.54) is 6.07 Å². The zero-order valence-electron chi connectivity index (χ0n) is 10.5. The van der Waals surface area contributed by atoms with Gasteiger partial charge in [-0.15, -0.1) is 0 Å². The van der Waals surface area contributed by atoms with Crippen LogP contribution in [0, 0.1) is 15.9 Å². The van der Waals surface area contributed by atoms with Gasteiger partial charge in [0.05, 0.1) is 17.4 Å². The number of carbonyl (C=O) groups is 1. The van der Waals surface area contributed by atoms with Gasteiger partial charge in [-0.05, 0) is 12.1 Å². The molecule has 1 unspecified atom stereocenters. The molecule has 0 bridgehead atoms. The van der Waals surface area contributed by atoms with Crippen LogP contribution in [0.2, 0.25) is 0 Å². The van der Waals surface area contributed by atoms with Gasteiger partial charge in [-0.25, -0.2) is 4.39 Å². The lowest BCUT2D eigenvalue weighted by molar-refractivity contribution is -0.384. The minimum absolute atomic E-state index is 0.0957. The van der Waals surface area contributed by atoms with Crippen LogP contribution in [0.3, 0.4) is 0 Å². The Balaban J connectivity index is 2.36. The summed E-state index contributed by atoms with van der Waals surface area (Å²) >= 11 is 1.61. The number of rotatable bonds is 4. The number of thioether (sulfide) groups is 1. The van der Waals surface area contributed by atoms with Gasteiger partial charge >= 0.3 is 5.97 Å². The van der Waals surface area contributed by atoms with Crippen LogP contribution in [-0.4, -0.2) is 40.1 Å². The van der Waals surface area contributed by atoms with Crippen LogP contribution in [0.15, 0.2) is 18.2 Å². The molecule has 0 saturated carbocycles. The predicted octanol–water partition coefficient (Wildman–Crippen LogP) is 2.13. The zero-order chi connectivity index (χ0) is 14.7. The smallest absolute Gasteiger partial charge is 0.305 e. The highest BCUT2D eigenvalue weighted by molar-refractivity contribution is 7.99. The molecule has 8 heteroatoms. The summed E-state index contributed by atoms with van der Waals surface area (Å²) in [7, 11) is 0. The van der Waals surface area contributed by atoms with Crippen molar-refractivity contribution in [1.29, 1.82) is 0 Å². The maximum Gasteiger partial charge on any atom is 0.305 e. The summed E-state index contributed by atoms with van der Waals surface area (Å²) in [6.07, 6.45) is -0.0957. The Morgan fingerprint density at radius 3 is 3.00 bits per heavy atom. The standard InChI is InChI=1S/C12H13FN2O4S/c13-8-1-2-10(11(5-8)15(18)19)14-3-4-20-7-9(14)6-12(16)17/h1-2,5,9H,3-4,6-7H2,(H,16,17). The molecule has 1 aromatic rings. The van der Waals surface area contributed by atoms with Crippen LogP contribution in [0.25, 0.3) is 0 Å². The molecule has 20 heavy (non-hydrogen) atoms. The molecule has 1 aromatic carbocycles. The first-order chi connectivity index (χ1) is 9.49. The summed E-state index contributed by atoms with van der Waals surface area (Å²) < 4.78 is 13.2. The molecule has 0 amide bonds. The van der Waals surface area contributed by atoms with Crippen molar-refractivity contribution in [1.82, 2.24) is 0 Å². The number of carboxylic acids is 1. The minimum Gasteiger partial charge on any atom is -0.481 e. The van der Waals surface area contributed by atoms with E-state index in [1.807, 2.05) is 0 Å². The number of benzene rings is 1. The van der Waals surface area contributed by atoms with Gasteiger partial charge in [0.15, 0.2) is 0 Å². The maximum absolute atomic E-state index is 13.2. The molecule has 2 rings (SSSR count). The molecular weight excluding hydrogens is 287 g/mol. The number of nitro groups is 1. The Morgan fingerprint density at radius 2 is 2.35 bits per heavy atom. The highest BCUT2D eigenvalue weighted by Crippen LogP contribution is 2.33. The first-order valence-corrected chi connectivity index (χ1v) is 7.14. The minimum atomic E-state index is -0.952. The van der Waals surface area contributed by atoms with Gasteiger partial charge in [0.2, 0.25) is 0 Å². The van der Waals surface area contributed by atoms with E-state index >= 15 is 0 Å². The third-order valence-corrected chi connectivity index (χ3v) is 4.17. The normalized spacial score (nSPS) is 18.9. The van der Waals surface area contributed by atoms with Gasteiger partial charge in [0.1, 0.15) is 11.5 Å². The fraction of sp³-hybridized carbons (Fsp3) is 0.417. The summed E-state index contributed by atoms with van der Waals surface area (Å²) in [5.74, 6) is -0.292. The van der Waals surface area contributed by atoms with Crippen molar-refractivity contribution in [2.24, 2.45) is 0 Å². The van der Waals surface area contributed by atoms with Crippen molar-refractivity contribution >= 4 is 29.1 Å². The summed E-state index contributed by atoms with van der Waals surface area (Å²) in [4.78, 5) is 23.0. The Morgan fingerprint density at radius 1 is 1.60 bits per heavy atom. The van der Waals surface area contributed by atoms with Gasteiger partial charge in [-0.3, -0.25) is 14.9 Å². The summed E-state index contributed by atoms with van der Waals surface area (Å²) in [6, 6.07) is 3.05. The maximum atomic E-state index is 13.2. The number of halogens is 1. The van der Waals surface area contributed by atoms with Crippen LogP contribution in [0.4, 0.5) is 15.8 Å². The molecule has 0 spiro atoms.